The second-order valence-electron chi connectivity index (χ2n) is 5.27. The van der Waals surface area contributed by atoms with Crippen LogP contribution in [0.25, 0.3) is 0 Å². The van der Waals surface area contributed by atoms with Crippen molar-refractivity contribution in [1.82, 2.24) is 4.90 Å². The van der Waals surface area contributed by atoms with E-state index in [1.165, 1.54) is 18.9 Å². The van der Waals surface area contributed by atoms with Gasteiger partial charge in [-0.25, -0.2) is 4.39 Å². The van der Waals surface area contributed by atoms with E-state index in [9.17, 15) is 4.39 Å². The molecule has 0 N–H and O–H groups in total. The summed E-state index contributed by atoms with van der Waals surface area (Å²) in [5.41, 5.74) is 1.52. The zero-order valence-electron chi connectivity index (χ0n) is 11.0. The lowest BCUT2D eigenvalue weighted by atomic mass is 9.75. The molecule has 1 aliphatic rings. The molecular weight excluding hydrogens is 227 g/mol. The molecule has 1 fully saturated rings. The van der Waals surface area contributed by atoms with E-state index in [1.807, 2.05) is 6.07 Å². The first kappa shape index (κ1) is 13.0. The van der Waals surface area contributed by atoms with Gasteiger partial charge in [-0.1, -0.05) is 19.9 Å². The molecule has 0 aliphatic carbocycles. The minimum Gasteiger partial charge on any atom is -0.298 e. The Morgan fingerprint density at radius 2 is 2.00 bits per heavy atom. The lowest BCUT2D eigenvalue weighted by Gasteiger charge is -2.50. The number of nitrogens with zero attached hydrogens (tertiary/aromatic N) is 2. The normalized spacial score (nSPS) is 18.1. The summed E-state index contributed by atoms with van der Waals surface area (Å²) in [6.45, 7) is 7.21. The molecule has 1 aromatic rings. The summed E-state index contributed by atoms with van der Waals surface area (Å²) in [6.07, 6.45) is 2.38. The molecule has 3 heteroatoms. The predicted molar refractivity (Wildman–Crippen MR) is 69.4 cm³/mol. The monoisotopic (exact) mass is 246 g/mol. The average molecular weight is 246 g/mol. The Bertz CT molecular complexity index is 464. The molecule has 1 aromatic carbocycles. The van der Waals surface area contributed by atoms with Crippen molar-refractivity contribution in [3.8, 4) is 6.07 Å². The summed E-state index contributed by atoms with van der Waals surface area (Å²) < 4.78 is 13.7. The third kappa shape index (κ3) is 2.39. The van der Waals surface area contributed by atoms with Crippen molar-refractivity contribution in [1.29, 1.82) is 5.26 Å². The summed E-state index contributed by atoms with van der Waals surface area (Å²) in [6, 6.07) is 6.69. The Labute approximate surface area is 108 Å². The van der Waals surface area contributed by atoms with Crippen LogP contribution in [0.15, 0.2) is 18.2 Å². The smallest absolute Gasteiger partial charge is 0.129 e. The van der Waals surface area contributed by atoms with Gasteiger partial charge in [0.25, 0.3) is 0 Å². The number of halogens is 1. The second-order valence-corrected chi connectivity index (χ2v) is 5.27. The van der Waals surface area contributed by atoms with Gasteiger partial charge in [-0.05, 0) is 30.4 Å². The molecule has 0 bridgehead atoms. The number of hydrogen-bond acceptors (Lipinski definition) is 2. The molecule has 0 aromatic heterocycles. The van der Waals surface area contributed by atoms with E-state index in [0.717, 1.165) is 13.1 Å². The Hall–Kier alpha value is -1.40. The molecule has 18 heavy (non-hydrogen) atoms. The third-order valence-electron chi connectivity index (χ3n) is 4.19. The van der Waals surface area contributed by atoms with Crippen molar-refractivity contribution in [2.24, 2.45) is 5.41 Å². The Balaban J connectivity index is 1.99. The Morgan fingerprint density at radius 1 is 1.33 bits per heavy atom. The van der Waals surface area contributed by atoms with Crippen LogP contribution in [0.5, 0.6) is 0 Å². The number of rotatable bonds is 4. The molecule has 0 amide bonds. The first-order valence-corrected chi connectivity index (χ1v) is 6.53. The van der Waals surface area contributed by atoms with E-state index in [0.29, 0.717) is 23.1 Å². The summed E-state index contributed by atoms with van der Waals surface area (Å²) in [5.74, 6) is -0.264. The van der Waals surface area contributed by atoms with Crippen LogP contribution >= 0.6 is 0 Å². The van der Waals surface area contributed by atoms with E-state index >= 15 is 0 Å². The van der Waals surface area contributed by atoms with Crippen molar-refractivity contribution in [2.45, 2.75) is 33.2 Å². The molecule has 0 radical (unpaired) electrons. The quantitative estimate of drug-likeness (QED) is 0.815. The third-order valence-corrected chi connectivity index (χ3v) is 4.19. The zero-order chi connectivity index (χ0) is 13.2. The zero-order valence-corrected chi connectivity index (χ0v) is 11.0. The Morgan fingerprint density at radius 3 is 2.50 bits per heavy atom. The maximum atomic E-state index is 13.7. The molecule has 0 spiro atoms. The first-order valence-electron chi connectivity index (χ1n) is 6.53. The molecule has 0 unspecified atom stereocenters. The van der Waals surface area contributed by atoms with E-state index in [1.54, 1.807) is 12.1 Å². The van der Waals surface area contributed by atoms with Crippen LogP contribution in [0.4, 0.5) is 4.39 Å². The van der Waals surface area contributed by atoms with Crippen molar-refractivity contribution in [3.05, 3.63) is 35.1 Å². The van der Waals surface area contributed by atoms with Crippen LogP contribution < -0.4 is 0 Å². The van der Waals surface area contributed by atoms with Gasteiger partial charge >= 0.3 is 0 Å². The molecule has 2 nitrogen and oxygen atoms in total. The highest BCUT2D eigenvalue weighted by molar-refractivity contribution is 5.33. The summed E-state index contributed by atoms with van der Waals surface area (Å²) in [5, 5.41) is 8.70. The summed E-state index contributed by atoms with van der Waals surface area (Å²) in [4.78, 5) is 2.28. The van der Waals surface area contributed by atoms with Crippen LogP contribution in [-0.2, 0) is 6.54 Å². The topological polar surface area (TPSA) is 27.0 Å². The molecule has 0 atom stereocenters. The second kappa shape index (κ2) is 5.07. The number of likely N-dealkylation sites (tertiary alicyclic amines) is 1. The van der Waals surface area contributed by atoms with Crippen molar-refractivity contribution < 1.29 is 4.39 Å². The standard InChI is InChI=1S/C15H19FN2/c1-3-15(4-2)10-18(11-15)9-13-6-5-12(8-17)7-14(13)16/h5-7H,3-4,9-11H2,1-2H3. The van der Waals surface area contributed by atoms with Crippen LogP contribution in [0.1, 0.15) is 37.8 Å². The summed E-state index contributed by atoms with van der Waals surface area (Å²) >= 11 is 0. The molecule has 96 valence electrons. The van der Waals surface area contributed by atoms with Crippen LogP contribution in [0.3, 0.4) is 0 Å². The highest BCUT2D eigenvalue weighted by Crippen LogP contribution is 2.37. The minimum absolute atomic E-state index is 0.264. The molecule has 2 rings (SSSR count). The number of hydrogen-bond donors (Lipinski definition) is 0. The molecule has 0 saturated carbocycles. The van der Waals surface area contributed by atoms with E-state index < -0.39 is 0 Å². The predicted octanol–water partition coefficient (Wildman–Crippen LogP) is 3.32. The van der Waals surface area contributed by atoms with Crippen LogP contribution in [0.2, 0.25) is 0 Å². The van der Waals surface area contributed by atoms with E-state index in [4.69, 9.17) is 5.26 Å². The van der Waals surface area contributed by atoms with Gasteiger partial charge in [0.1, 0.15) is 5.82 Å². The van der Waals surface area contributed by atoms with E-state index in [-0.39, 0.29) is 5.82 Å². The molecule has 1 saturated heterocycles. The van der Waals surface area contributed by atoms with Crippen molar-refractivity contribution in [2.75, 3.05) is 13.1 Å². The van der Waals surface area contributed by atoms with Gasteiger partial charge in [0, 0.05) is 25.2 Å². The van der Waals surface area contributed by atoms with E-state index in [2.05, 4.69) is 18.7 Å². The maximum absolute atomic E-state index is 13.7. The summed E-state index contributed by atoms with van der Waals surface area (Å²) in [7, 11) is 0. The van der Waals surface area contributed by atoms with Gasteiger partial charge in [0.2, 0.25) is 0 Å². The number of nitriles is 1. The lowest BCUT2D eigenvalue weighted by molar-refractivity contribution is -0.0126. The lowest BCUT2D eigenvalue weighted by Crippen LogP contribution is -2.55. The van der Waals surface area contributed by atoms with Gasteiger partial charge < -0.3 is 0 Å². The number of benzene rings is 1. The fourth-order valence-electron chi connectivity index (χ4n) is 2.70. The highest BCUT2D eigenvalue weighted by Gasteiger charge is 2.39. The van der Waals surface area contributed by atoms with Gasteiger partial charge in [-0.2, -0.15) is 5.26 Å². The van der Waals surface area contributed by atoms with Gasteiger partial charge in [0.05, 0.1) is 11.6 Å². The van der Waals surface area contributed by atoms with Crippen molar-refractivity contribution >= 4 is 0 Å². The fraction of sp³-hybridized carbons (Fsp3) is 0.533. The fourth-order valence-corrected chi connectivity index (χ4v) is 2.70. The van der Waals surface area contributed by atoms with Gasteiger partial charge in [0.15, 0.2) is 0 Å². The average Bonchev–Trinajstić information content (AvgIpc) is 2.35. The molecule has 1 aliphatic heterocycles. The highest BCUT2D eigenvalue weighted by atomic mass is 19.1. The SMILES string of the molecule is CCC1(CC)CN(Cc2ccc(C#N)cc2F)C1. The van der Waals surface area contributed by atoms with Crippen molar-refractivity contribution in [3.63, 3.8) is 0 Å². The van der Waals surface area contributed by atoms with Gasteiger partial charge in [-0.3, -0.25) is 4.90 Å². The molecular formula is C15H19FN2. The van der Waals surface area contributed by atoms with Gasteiger partial charge in [-0.15, -0.1) is 0 Å². The minimum atomic E-state index is -0.264. The first-order chi connectivity index (χ1) is 8.62. The molecule has 1 heterocycles. The maximum Gasteiger partial charge on any atom is 0.129 e. The largest absolute Gasteiger partial charge is 0.298 e. The van der Waals surface area contributed by atoms with Crippen LogP contribution in [0, 0.1) is 22.6 Å². The Kier molecular flexibility index (Phi) is 3.68. The van der Waals surface area contributed by atoms with Crippen LogP contribution in [-0.4, -0.2) is 18.0 Å².